The third kappa shape index (κ3) is 8.48. The minimum absolute atomic E-state index is 0.00623. The Morgan fingerprint density at radius 2 is 1.56 bits per heavy atom. The van der Waals surface area contributed by atoms with Crippen molar-refractivity contribution in [3.63, 3.8) is 0 Å². The lowest BCUT2D eigenvalue weighted by Crippen LogP contribution is -2.49. The zero-order valence-electron chi connectivity index (χ0n) is 34.5. The number of allylic oxidation sites excluding steroid dienone is 1. The van der Waals surface area contributed by atoms with E-state index in [4.69, 9.17) is 13.0 Å². The SMILES string of the molecule is Cc1ccc(S(=O)(=O)OCC(C)C2CCC3/C(=C/C4C5=C(CS4(O)O)C(O[Si](C)(C)C(C)(C)C)CC(O[Si](C)(C)C(C)(C)C)C5)CCCC32C)cc1. The second kappa shape index (κ2) is 14.6. The Labute approximate surface area is 320 Å². The van der Waals surface area contributed by atoms with Crippen molar-refractivity contribution in [3.8, 4) is 0 Å². The van der Waals surface area contributed by atoms with Gasteiger partial charge < -0.3 is 8.85 Å². The molecule has 0 spiro atoms. The van der Waals surface area contributed by atoms with Crippen LogP contribution in [0.3, 0.4) is 0 Å². The third-order valence-corrected chi connectivity index (χ3v) is 26.5. The maximum Gasteiger partial charge on any atom is 0.296 e. The van der Waals surface area contributed by atoms with Crippen LogP contribution in [-0.4, -0.2) is 64.0 Å². The van der Waals surface area contributed by atoms with Gasteiger partial charge in [0.15, 0.2) is 16.6 Å². The summed E-state index contributed by atoms with van der Waals surface area (Å²) in [5, 5.41) is -0.325. The molecule has 7 unspecified atom stereocenters. The molecule has 0 aromatic heterocycles. The van der Waals surface area contributed by atoms with Crippen molar-refractivity contribution in [1.29, 1.82) is 0 Å². The predicted octanol–water partition coefficient (Wildman–Crippen LogP) is 11.5. The van der Waals surface area contributed by atoms with Crippen molar-refractivity contribution < 1.29 is 30.6 Å². The first kappa shape index (κ1) is 42.4. The number of rotatable bonds is 10. The molecule has 0 amide bonds. The highest BCUT2D eigenvalue weighted by Gasteiger charge is 2.53. The fourth-order valence-corrected chi connectivity index (χ4v) is 14.9. The number of fused-ring (bicyclic) bond motifs is 1. The average Bonchev–Trinajstić information content (AvgIpc) is 3.48. The van der Waals surface area contributed by atoms with Gasteiger partial charge in [-0.05, 0) is 128 Å². The Morgan fingerprint density at radius 1 is 0.962 bits per heavy atom. The van der Waals surface area contributed by atoms with E-state index >= 15 is 0 Å². The molecule has 2 N–H and O–H groups in total. The Kier molecular flexibility index (Phi) is 11.9. The molecule has 0 saturated heterocycles. The number of aryl methyl sites for hydroxylation is 1. The van der Waals surface area contributed by atoms with E-state index in [2.05, 4.69) is 87.7 Å². The molecule has 0 radical (unpaired) electrons. The van der Waals surface area contributed by atoms with E-state index in [1.165, 1.54) is 5.57 Å². The van der Waals surface area contributed by atoms with Crippen molar-refractivity contribution in [3.05, 3.63) is 52.6 Å². The summed E-state index contributed by atoms with van der Waals surface area (Å²) in [7, 11) is -11.1. The van der Waals surface area contributed by atoms with E-state index in [1.807, 2.05) is 6.92 Å². The summed E-state index contributed by atoms with van der Waals surface area (Å²) < 4.78 is 69.9. The summed E-state index contributed by atoms with van der Waals surface area (Å²) in [6, 6.07) is 6.83. The van der Waals surface area contributed by atoms with Crippen molar-refractivity contribution in [2.75, 3.05) is 12.4 Å². The molecule has 5 rings (SSSR count). The van der Waals surface area contributed by atoms with Crippen LogP contribution in [0, 0.1) is 30.1 Å². The molecule has 2 saturated carbocycles. The van der Waals surface area contributed by atoms with Crippen molar-refractivity contribution in [2.24, 2.45) is 23.2 Å². The summed E-state index contributed by atoms with van der Waals surface area (Å²) in [4.78, 5) is 0.199. The maximum absolute atomic E-state index is 13.0. The molecule has 1 aromatic rings. The fourth-order valence-electron chi connectivity index (χ4n) is 9.12. The highest BCUT2D eigenvalue weighted by Crippen LogP contribution is 2.63. The van der Waals surface area contributed by atoms with Gasteiger partial charge in [-0.2, -0.15) is 19.0 Å². The monoisotopic (exact) mass is 794 g/mol. The summed E-state index contributed by atoms with van der Waals surface area (Å²) in [5.74, 6) is 0.990. The third-order valence-electron chi connectivity index (χ3n) is 14.2. The Morgan fingerprint density at radius 3 is 2.15 bits per heavy atom. The Bertz CT molecular complexity index is 1640. The number of hydrogen-bond donors (Lipinski definition) is 2. The molecule has 4 aliphatic rings. The van der Waals surface area contributed by atoms with Crippen LogP contribution in [0.25, 0.3) is 0 Å². The van der Waals surface area contributed by atoms with E-state index < -0.39 is 42.6 Å². The zero-order chi connectivity index (χ0) is 38.9. The highest BCUT2D eigenvalue weighted by atomic mass is 32.3. The minimum Gasteiger partial charge on any atom is -0.414 e. The van der Waals surface area contributed by atoms with Crippen LogP contribution in [0.2, 0.25) is 36.3 Å². The van der Waals surface area contributed by atoms with Crippen LogP contribution in [0.15, 0.2) is 52.0 Å². The Balaban J connectivity index is 1.42. The summed E-state index contributed by atoms with van der Waals surface area (Å²) in [6.45, 7) is 29.5. The summed E-state index contributed by atoms with van der Waals surface area (Å²) in [6.07, 6.45) is 8.68. The first-order valence-corrected chi connectivity index (χ1v) is 28.7. The summed E-state index contributed by atoms with van der Waals surface area (Å²) >= 11 is 0. The van der Waals surface area contributed by atoms with E-state index in [9.17, 15) is 17.5 Å². The average molecular weight is 795 g/mol. The normalized spacial score (nSPS) is 32.1. The maximum atomic E-state index is 13.0. The first-order chi connectivity index (χ1) is 23.7. The van der Waals surface area contributed by atoms with Crippen molar-refractivity contribution in [1.82, 2.24) is 0 Å². The molecule has 11 heteroatoms. The second-order valence-electron chi connectivity index (χ2n) is 20.0. The fraction of sp³-hybridized carbons (Fsp3) is 0.756. The van der Waals surface area contributed by atoms with Gasteiger partial charge in [-0.25, -0.2) is 0 Å². The lowest BCUT2D eigenvalue weighted by Gasteiger charge is -2.45. The quantitative estimate of drug-likeness (QED) is 0.138. The van der Waals surface area contributed by atoms with E-state index in [0.29, 0.717) is 11.8 Å². The first-order valence-electron chi connectivity index (χ1n) is 19.7. The van der Waals surface area contributed by atoms with Crippen molar-refractivity contribution >= 4 is 37.3 Å². The van der Waals surface area contributed by atoms with Crippen LogP contribution in [0.5, 0.6) is 0 Å². The van der Waals surface area contributed by atoms with Crippen LogP contribution < -0.4 is 0 Å². The van der Waals surface area contributed by atoms with Gasteiger partial charge in [0.2, 0.25) is 0 Å². The van der Waals surface area contributed by atoms with Crippen LogP contribution >= 0.6 is 10.6 Å². The van der Waals surface area contributed by atoms with Crippen LogP contribution in [0.1, 0.15) is 106 Å². The van der Waals surface area contributed by atoms with E-state index in [0.717, 1.165) is 61.7 Å². The Hall–Kier alpha value is -0.766. The molecule has 7 nitrogen and oxygen atoms in total. The smallest absolute Gasteiger partial charge is 0.296 e. The highest BCUT2D eigenvalue weighted by molar-refractivity contribution is 8.25. The van der Waals surface area contributed by atoms with Gasteiger partial charge in [0.1, 0.15) is 0 Å². The van der Waals surface area contributed by atoms with E-state index in [1.54, 1.807) is 24.3 Å². The predicted molar refractivity (Wildman–Crippen MR) is 222 cm³/mol. The van der Waals surface area contributed by atoms with E-state index in [-0.39, 0.29) is 50.9 Å². The molecule has 0 bridgehead atoms. The second-order valence-corrected chi connectivity index (χ2v) is 33.4. The van der Waals surface area contributed by atoms with Gasteiger partial charge in [-0.15, -0.1) is 0 Å². The number of hydrogen-bond acceptors (Lipinski definition) is 7. The molecule has 296 valence electrons. The minimum atomic E-state index is -3.84. The molecule has 3 aliphatic carbocycles. The molecule has 1 aliphatic heterocycles. The molecule has 7 atom stereocenters. The topological polar surface area (TPSA) is 102 Å². The van der Waals surface area contributed by atoms with Gasteiger partial charge in [0.05, 0.1) is 34.7 Å². The zero-order valence-corrected chi connectivity index (χ0v) is 38.1. The van der Waals surface area contributed by atoms with Crippen molar-refractivity contribution in [2.45, 2.75) is 166 Å². The lowest BCUT2D eigenvalue weighted by atomic mass is 9.61. The van der Waals surface area contributed by atoms with Gasteiger partial charge in [-0.1, -0.05) is 84.7 Å². The molecular weight excluding hydrogens is 725 g/mol. The van der Waals surface area contributed by atoms with Crippen LogP contribution in [-0.2, 0) is 23.2 Å². The van der Waals surface area contributed by atoms with Gasteiger partial charge in [0.25, 0.3) is 10.1 Å². The molecule has 1 aromatic carbocycles. The lowest BCUT2D eigenvalue weighted by molar-refractivity contribution is 0.0758. The van der Waals surface area contributed by atoms with Gasteiger partial charge in [0, 0.05) is 6.42 Å². The van der Waals surface area contributed by atoms with Gasteiger partial charge in [-0.3, -0.25) is 13.3 Å². The number of benzene rings is 1. The molecule has 52 heavy (non-hydrogen) atoms. The molecule has 1 heterocycles. The molecule has 2 fully saturated rings. The summed E-state index contributed by atoms with van der Waals surface area (Å²) in [5.41, 5.74) is 4.62. The standard InChI is InChI=1S/C41H70O7S2Si2/c1-28-16-18-32(19-17-28)50(44,45)46-26-29(2)35-20-21-36-30(15-14-22-41(35,36)9)23-38-33-24-31(47-51(10,11)39(3,4)5)25-37(34(33)27-49(38,42)43)48-52(12,13)40(6,7)8/h16-19,23,29,31,35-38,42-43H,14-15,20-22,24-27H2,1-13H3/b30-23+. The van der Waals surface area contributed by atoms with Crippen LogP contribution in [0.4, 0.5) is 0 Å². The largest absolute Gasteiger partial charge is 0.414 e. The van der Waals surface area contributed by atoms with Gasteiger partial charge >= 0.3 is 0 Å². The molecular formula is C41H70O7S2Si2.